The fraction of sp³-hybridized carbons (Fsp3) is 0.556. The van der Waals surface area contributed by atoms with E-state index in [1.165, 1.54) is 6.20 Å². The van der Waals surface area contributed by atoms with Crippen LogP contribution >= 0.6 is 23.2 Å². The maximum Gasteiger partial charge on any atom is 0.287 e. The van der Waals surface area contributed by atoms with Crippen LogP contribution in [0.1, 0.15) is 13.3 Å². The molecule has 2 heterocycles. The van der Waals surface area contributed by atoms with Gasteiger partial charge in [-0.3, -0.25) is 4.79 Å². The van der Waals surface area contributed by atoms with Crippen LogP contribution in [0.4, 0.5) is 0 Å². The Morgan fingerprint density at radius 2 is 2.12 bits per heavy atom. The molecule has 1 aromatic heterocycles. The number of nitrogens with zero attached hydrogens (tertiary/aromatic N) is 2. The molecule has 0 N–H and O–H groups in total. The summed E-state index contributed by atoms with van der Waals surface area (Å²) in [7, 11) is -3.12. The standard InChI is InChI=1S/C9H10Cl2N2O3S/c1-9(2-3-17(15,16)5-9)13-8(14)7(11)6(10)4-12-13/h4H,2-3,5H2,1H3. The lowest BCUT2D eigenvalue weighted by Crippen LogP contribution is -2.41. The van der Waals surface area contributed by atoms with E-state index in [2.05, 4.69) is 5.10 Å². The molecule has 1 aliphatic heterocycles. The van der Waals surface area contributed by atoms with E-state index in [0.29, 0.717) is 6.42 Å². The molecule has 0 saturated carbocycles. The molecular weight excluding hydrogens is 287 g/mol. The second kappa shape index (κ2) is 3.96. The maximum absolute atomic E-state index is 11.9. The molecule has 0 aromatic carbocycles. The number of halogens is 2. The van der Waals surface area contributed by atoms with E-state index >= 15 is 0 Å². The first kappa shape index (κ1) is 12.9. The average Bonchev–Trinajstić information content (AvgIpc) is 2.50. The molecule has 1 saturated heterocycles. The van der Waals surface area contributed by atoms with Crippen LogP contribution in [0.2, 0.25) is 10.0 Å². The van der Waals surface area contributed by atoms with Gasteiger partial charge >= 0.3 is 0 Å². The van der Waals surface area contributed by atoms with Gasteiger partial charge in [-0.05, 0) is 13.3 Å². The zero-order valence-corrected chi connectivity index (χ0v) is 11.3. The maximum atomic E-state index is 11.9. The minimum absolute atomic E-state index is 0.0534. The van der Waals surface area contributed by atoms with Crippen molar-refractivity contribution < 1.29 is 8.42 Å². The van der Waals surface area contributed by atoms with Crippen LogP contribution in [-0.4, -0.2) is 29.7 Å². The Balaban J connectivity index is 2.57. The third-order valence-corrected chi connectivity index (χ3v) is 5.51. The van der Waals surface area contributed by atoms with Crippen LogP contribution in [-0.2, 0) is 15.4 Å². The molecule has 5 nitrogen and oxygen atoms in total. The first-order valence-electron chi connectivity index (χ1n) is 4.89. The molecule has 94 valence electrons. The van der Waals surface area contributed by atoms with Gasteiger partial charge in [0, 0.05) is 0 Å². The largest absolute Gasteiger partial charge is 0.287 e. The number of sulfone groups is 1. The highest BCUT2D eigenvalue weighted by Gasteiger charge is 2.41. The second-order valence-corrected chi connectivity index (χ2v) is 7.33. The highest BCUT2D eigenvalue weighted by Crippen LogP contribution is 2.29. The predicted octanol–water partition coefficient (Wildman–Crippen LogP) is 1.08. The van der Waals surface area contributed by atoms with Gasteiger partial charge in [-0.15, -0.1) is 0 Å². The van der Waals surface area contributed by atoms with E-state index in [0.717, 1.165) is 4.68 Å². The summed E-state index contributed by atoms with van der Waals surface area (Å²) in [6.45, 7) is 1.68. The van der Waals surface area contributed by atoms with Crippen molar-refractivity contribution in [2.45, 2.75) is 18.9 Å². The first-order chi connectivity index (χ1) is 7.75. The number of rotatable bonds is 1. The smallest absolute Gasteiger partial charge is 0.266 e. The van der Waals surface area contributed by atoms with Crippen molar-refractivity contribution in [1.29, 1.82) is 0 Å². The van der Waals surface area contributed by atoms with Crippen LogP contribution in [0.15, 0.2) is 11.0 Å². The van der Waals surface area contributed by atoms with Gasteiger partial charge in [-0.25, -0.2) is 13.1 Å². The molecule has 0 bridgehead atoms. The summed E-state index contributed by atoms with van der Waals surface area (Å²) < 4.78 is 24.1. The number of hydrogen-bond acceptors (Lipinski definition) is 4. The van der Waals surface area contributed by atoms with Crippen molar-refractivity contribution in [1.82, 2.24) is 9.78 Å². The normalized spacial score (nSPS) is 27.2. The van der Waals surface area contributed by atoms with Gasteiger partial charge in [0.25, 0.3) is 5.56 Å². The third kappa shape index (κ3) is 2.21. The third-order valence-electron chi connectivity index (χ3n) is 2.87. The molecule has 1 aliphatic rings. The summed E-state index contributed by atoms with van der Waals surface area (Å²) in [6, 6.07) is 0. The van der Waals surface area contributed by atoms with Gasteiger partial charge in [0.15, 0.2) is 9.84 Å². The van der Waals surface area contributed by atoms with Crippen molar-refractivity contribution in [3.8, 4) is 0 Å². The Hall–Kier alpha value is -0.590. The molecule has 0 radical (unpaired) electrons. The van der Waals surface area contributed by atoms with E-state index in [4.69, 9.17) is 23.2 Å². The van der Waals surface area contributed by atoms with Crippen LogP contribution in [0.25, 0.3) is 0 Å². The van der Waals surface area contributed by atoms with E-state index < -0.39 is 20.9 Å². The second-order valence-electron chi connectivity index (χ2n) is 4.36. The van der Waals surface area contributed by atoms with Gasteiger partial charge in [-0.1, -0.05) is 23.2 Å². The van der Waals surface area contributed by atoms with Crippen LogP contribution in [0, 0.1) is 0 Å². The first-order valence-corrected chi connectivity index (χ1v) is 7.47. The molecule has 1 aromatic rings. The molecule has 1 unspecified atom stereocenters. The summed E-state index contributed by atoms with van der Waals surface area (Å²) in [5.41, 5.74) is -1.40. The van der Waals surface area contributed by atoms with Crippen molar-refractivity contribution in [2.24, 2.45) is 0 Å². The summed E-state index contributed by atoms with van der Waals surface area (Å²) in [5.74, 6) is -0.0528. The number of aromatic nitrogens is 2. The van der Waals surface area contributed by atoms with E-state index in [-0.39, 0.29) is 21.6 Å². The van der Waals surface area contributed by atoms with Gasteiger partial charge in [0.05, 0.1) is 28.3 Å². The SMILES string of the molecule is CC1(n2ncc(Cl)c(Cl)c2=O)CCS(=O)(=O)C1. The van der Waals surface area contributed by atoms with Crippen LogP contribution in [0.5, 0.6) is 0 Å². The Kier molecular flexibility index (Phi) is 3.00. The van der Waals surface area contributed by atoms with Gasteiger partial charge < -0.3 is 0 Å². The predicted molar refractivity (Wildman–Crippen MR) is 65.4 cm³/mol. The fourth-order valence-electron chi connectivity index (χ4n) is 1.96. The number of hydrogen-bond donors (Lipinski definition) is 0. The van der Waals surface area contributed by atoms with Crippen LogP contribution < -0.4 is 5.56 Å². The molecule has 0 aliphatic carbocycles. The lowest BCUT2D eigenvalue weighted by Gasteiger charge is -2.23. The van der Waals surface area contributed by atoms with Crippen molar-refractivity contribution in [2.75, 3.05) is 11.5 Å². The lowest BCUT2D eigenvalue weighted by atomic mass is 10.0. The van der Waals surface area contributed by atoms with Gasteiger partial charge in [0.1, 0.15) is 5.02 Å². The Morgan fingerprint density at radius 1 is 1.47 bits per heavy atom. The minimum Gasteiger partial charge on any atom is -0.266 e. The van der Waals surface area contributed by atoms with Crippen molar-refractivity contribution >= 4 is 33.0 Å². The van der Waals surface area contributed by atoms with E-state index in [9.17, 15) is 13.2 Å². The quantitative estimate of drug-likeness (QED) is 0.778. The summed E-state index contributed by atoms with van der Waals surface area (Å²) >= 11 is 11.4. The summed E-state index contributed by atoms with van der Waals surface area (Å²) in [5, 5.41) is 3.82. The van der Waals surface area contributed by atoms with Crippen LogP contribution in [0.3, 0.4) is 0 Å². The Labute approximate surface area is 108 Å². The molecule has 0 amide bonds. The highest BCUT2D eigenvalue weighted by molar-refractivity contribution is 7.91. The van der Waals surface area contributed by atoms with Gasteiger partial charge in [0.2, 0.25) is 0 Å². The Bertz CT molecular complexity index is 626. The van der Waals surface area contributed by atoms with Crippen molar-refractivity contribution in [3.05, 3.63) is 26.6 Å². The average molecular weight is 297 g/mol. The monoisotopic (exact) mass is 296 g/mol. The highest BCUT2D eigenvalue weighted by atomic mass is 35.5. The zero-order chi connectivity index (χ0) is 12.8. The zero-order valence-electron chi connectivity index (χ0n) is 8.98. The molecular formula is C9H10Cl2N2O3S. The topological polar surface area (TPSA) is 69.0 Å². The fourth-order valence-corrected chi connectivity index (χ4v) is 4.32. The Morgan fingerprint density at radius 3 is 2.65 bits per heavy atom. The van der Waals surface area contributed by atoms with E-state index in [1.807, 2.05) is 0 Å². The van der Waals surface area contributed by atoms with E-state index in [1.54, 1.807) is 6.92 Å². The molecule has 8 heteroatoms. The molecule has 2 rings (SSSR count). The summed E-state index contributed by atoms with van der Waals surface area (Å²) in [6.07, 6.45) is 1.60. The van der Waals surface area contributed by atoms with Crippen molar-refractivity contribution in [3.63, 3.8) is 0 Å². The molecule has 0 spiro atoms. The molecule has 17 heavy (non-hydrogen) atoms. The lowest BCUT2D eigenvalue weighted by molar-refractivity contribution is 0.313. The van der Waals surface area contributed by atoms with Gasteiger partial charge in [-0.2, -0.15) is 5.10 Å². The molecule has 1 atom stereocenters. The minimum atomic E-state index is -3.12. The summed E-state index contributed by atoms with van der Waals surface area (Å²) in [4.78, 5) is 11.9. The molecule has 1 fully saturated rings.